The van der Waals surface area contributed by atoms with Crippen LogP contribution in [-0.4, -0.2) is 25.6 Å². The van der Waals surface area contributed by atoms with Crippen molar-refractivity contribution in [1.29, 1.82) is 0 Å². The molecule has 1 aromatic carbocycles. The average Bonchev–Trinajstić information content (AvgIpc) is 2.30. The molecule has 4 nitrogen and oxygen atoms in total. The van der Waals surface area contributed by atoms with Crippen LogP contribution in [0.4, 0.5) is 5.69 Å². The van der Waals surface area contributed by atoms with Gasteiger partial charge in [0.05, 0.1) is 10.0 Å². The van der Waals surface area contributed by atoms with Crippen LogP contribution in [-0.2, 0) is 4.79 Å². The minimum absolute atomic E-state index is 0.160. The number of rotatable bonds is 2. The number of nitrogens with two attached hydrogens (primary N) is 1. The van der Waals surface area contributed by atoms with Gasteiger partial charge in [-0.05, 0) is 18.7 Å². The standard InChI is InChI=1S/C11H12Cl2N2O2/c1-15-9-6(12)2-3-7(13)10(9)17-8(4-5-14)11(15)16/h2-3,8H,4-5,14H2,1H3. The van der Waals surface area contributed by atoms with Gasteiger partial charge in [-0.15, -0.1) is 0 Å². The second kappa shape index (κ2) is 4.72. The van der Waals surface area contributed by atoms with E-state index in [1.165, 1.54) is 4.90 Å². The molecule has 1 aliphatic heterocycles. The number of ether oxygens (including phenoxy) is 1. The first-order valence-corrected chi connectivity index (χ1v) is 5.94. The van der Waals surface area contributed by atoms with Gasteiger partial charge >= 0.3 is 0 Å². The van der Waals surface area contributed by atoms with Crippen molar-refractivity contribution in [3.8, 4) is 5.75 Å². The Bertz CT molecular complexity index is 465. The summed E-state index contributed by atoms with van der Waals surface area (Å²) < 4.78 is 5.58. The number of carbonyl (C=O) groups excluding carboxylic acids is 1. The summed E-state index contributed by atoms with van der Waals surface area (Å²) in [6.07, 6.45) is -0.140. The molecule has 0 saturated carbocycles. The highest BCUT2D eigenvalue weighted by molar-refractivity contribution is 6.37. The molecule has 0 fully saturated rings. The number of fused-ring (bicyclic) bond motifs is 1. The zero-order chi connectivity index (χ0) is 12.6. The summed E-state index contributed by atoms with van der Waals surface area (Å²) in [5.41, 5.74) is 5.96. The largest absolute Gasteiger partial charge is 0.477 e. The summed E-state index contributed by atoms with van der Waals surface area (Å²) in [6, 6.07) is 3.28. The summed E-state index contributed by atoms with van der Waals surface area (Å²) in [5, 5.41) is 0.872. The molecule has 1 unspecified atom stereocenters. The number of benzene rings is 1. The van der Waals surface area contributed by atoms with Crippen LogP contribution in [0.15, 0.2) is 12.1 Å². The molecular formula is C11H12Cl2N2O2. The molecule has 0 radical (unpaired) electrons. The summed E-state index contributed by atoms with van der Waals surface area (Å²) in [7, 11) is 1.65. The molecule has 2 rings (SSSR count). The summed E-state index contributed by atoms with van der Waals surface area (Å²) in [6.45, 7) is 0.373. The molecule has 92 valence electrons. The topological polar surface area (TPSA) is 55.6 Å². The molecule has 1 heterocycles. The first-order valence-electron chi connectivity index (χ1n) is 5.18. The molecule has 0 bridgehead atoms. The fraction of sp³-hybridized carbons (Fsp3) is 0.364. The first kappa shape index (κ1) is 12.5. The van der Waals surface area contributed by atoms with E-state index in [-0.39, 0.29) is 5.91 Å². The number of nitrogens with zero attached hydrogens (tertiary/aromatic N) is 1. The van der Waals surface area contributed by atoms with Crippen LogP contribution in [0.5, 0.6) is 5.75 Å². The number of hydrogen-bond donors (Lipinski definition) is 1. The van der Waals surface area contributed by atoms with E-state index in [0.717, 1.165) is 0 Å². The lowest BCUT2D eigenvalue weighted by Gasteiger charge is -2.32. The van der Waals surface area contributed by atoms with Gasteiger partial charge in [-0.25, -0.2) is 0 Å². The summed E-state index contributed by atoms with van der Waals surface area (Å²) in [4.78, 5) is 13.5. The van der Waals surface area contributed by atoms with Crippen molar-refractivity contribution in [2.24, 2.45) is 5.73 Å². The van der Waals surface area contributed by atoms with Crippen LogP contribution in [0.2, 0.25) is 10.0 Å². The highest BCUT2D eigenvalue weighted by atomic mass is 35.5. The van der Waals surface area contributed by atoms with Gasteiger partial charge in [0.1, 0.15) is 5.69 Å². The van der Waals surface area contributed by atoms with Gasteiger partial charge in [0.25, 0.3) is 5.91 Å². The molecule has 17 heavy (non-hydrogen) atoms. The van der Waals surface area contributed by atoms with Crippen molar-refractivity contribution in [3.05, 3.63) is 22.2 Å². The van der Waals surface area contributed by atoms with E-state index in [0.29, 0.717) is 34.4 Å². The van der Waals surface area contributed by atoms with Crippen molar-refractivity contribution >= 4 is 34.8 Å². The molecule has 1 aliphatic rings. The van der Waals surface area contributed by atoms with Crippen LogP contribution in [0.25, 0.3) is 0 Å². The second-order valence-corrected chi connectivity index (χ2v) is 4.60. The van der Waals surface area contributed by atoms with Gasteiger partial charge in [-0.3, -0.25) is 4.79 Å². The molecule has 1 atom stereocenters. The normalized spacial score (nSPS) is 18.9. The predicted octanol–water partition coefficient (Wildman–Crippen LogP) is 2.07. The van der Waals surface area contributed by atoms with E-state index in [1.54, 1.807) is 19.2 Å². The monoisotopic (exact) mass is 274 g/mol. The van der Waals surface area contributed by atoms with Crippen LogP contribution in [0.3, 0.4) is 0 Å². The van der Waals surface area contributed by atoms with Crippen molar-refractivity contribution in [1.82, 2.24) is 0 Å². The van der Waals surface area contributed by atoms with E-state index >= 15 is 0 Å². The Hall–Kier alpha value is -0.970. The van der Waals surface area contributed by atoms with Gasteiger partial charge in [0.15, 0.2) is 11.9 Å². The molecule has 0 saturated heterocycles. The molecule has 2 N–H and O–H groups in total. The lowest BCUT2D eigenvalue weighted by Crippen LogP contribution is -2.44. The Kier molecular flexibility index (Phi) is 3.47. The zero-order valence-electron chi connectivity index (χ0n) is 9.24. The highest BCUT2D eigenvalue weighted by Crippen LogP contribution is 2.44. The van der Waals surface area contributed by atoms with Crippen molar-refractivity contribution in [2.45, 2.75) is 12.5 Å². The fourth-order valence-electron chi connectivity index (χ4n) is 1.80. The smallest absolute Gasteiger partial charge is 0.267 e. The maximum Gasteiger partial charge on any atom is 0.267 e. The number of carbonyl (C=O) groups is 1. The van der Waals surface area contributed by atoms with Crippen LogP contribution in [0.1, 0.15) is 6.42 Å². The minimum atomic E-state index is -0.589. The van der Waals surface area contributed by atoms with Crippen molar-refractivity contribution in [2.75, 3.05) is 18.5 Å². The van der Waals surface area contributed by atoms with Crippen molar-refractivity contribution < 1.29 is 9.53 Å². The molecular weight excluding hydrogens is 263 g/mol. The molecule has 0 aliphatic carbocycles. The molecule has 0 aromatic heterocycles. The van der Waals surface area contributed by atoms with E-state index in [9.17, 15) is 4.79 Å². The highest BCUT2D eigenvalue weighted by Gasteiger charge is 2.34. The summed E-state index contributed by atoms with van der Waals surface area (Å²) in [5.74, 6) is 0.284. The molecule has 1 amide bonds. The van der Waals surface area contributed by atoms with Gasteiger partial charge < -0.3 is 15.4 Å². The van der Waals surface area contributed by atoms with Crippen LogP contribution < -0.4 is 15.4 Å². The quantitative estimate of drug-likeness (QED) is 0.898. The fourth-order valence-corrected chi connectivity index (χ4v) is 2.27. The maximum atomic E-state index is 12.0. The number of anilines is 1. The second-order valence-electron chi connectivity index (χ2n) is 3.79. The Morgan fingerprint density at radius 1 is 1.41 bits per heavy atom. The third kappa shape index (κ3) is 2.08. The third-order valence-electron chi connectivity index (χ3n) is 2.66. The Morgan fingerprint density at radius 2 is 2.06 bits per heavy atom. The number of halogens is 2. The number of amides is 1. The molecule has 6 heteroatoms. The molecule has 1 aromatic rings. The Morgan fingerprint density at radius 3 is 2.71 bits per heavy atom. The van der Waals surface area contributed by atoms with E-state index in [1.807, 2.05) is 0 Å². The van der Waals surface area contributed by atoms with Crippen LogP contribution >= 0.6 is 23.2 Å². The first-order chi connectivity index (χ1) is 8.06. The van der Waals surface area contributed by atoms with Gasteiger partial charge in [-0.1, -0.05) is 23.2 Å². The van der Waals surface area contributed by atoms with Crippen LogP contribution in [0, 0.1) is 0 Å². The predicted molar refractivity (Wildman–Crippen MR) is 68.0 cm³/mol. The lowest BCUT2D eigenvalue weighted by atomic mass is 10.1. The number of likely N-dealkylation sites (N-methyl/N-ethyl adjacent to an activating group) is 1. The number of hydrogen-bond acceptors (Lipinski definition) is 3. The minimum Gasteiger partial charge on any atom is -0.477 e. The van der Waals surface area contributed by atoms with E-state index in [4.69, 9.17) is 33.7 Å². The van der Waals surface area contributed by atoms with E-state index in [2.05, 4.69) is 0 Å². The summed E-state index contributed by atoms with van der Waals surface area (Å²) >= 11 is 12.1. The maximum absolute atomic E-state index is 12.0. The van der Waals surface area contributed by atoms with Gasteiger partial charge in [0, 0.05) is 13.5 Å². The SMILES string of the molecule is CN1C(=O)C(CCN)Oc2c(Cl)ccc(Cl)c21. The third-order valence-corrected chi connectivity index (χ3v) is 3.27. The van der Waals surface area contributed by atoms with Gasteiger partial charge in [-0.2, -0.15) is 0 Å². The zero-order valence-corrected chi connectivity index (χ0v) is 10.8. The molecule has 0 spiro atoms. The lowest BCUT2D eigenvalue weighted by molar-refractivity contribution is -0.126. The Labute approximate surface area is 109 Å². The Balaban J connectivity index is 2.48. The van der Waals surface area contributed by atoms with Gasteiger partial charge in [0.2, 0.25) is 0 Å². The van der Waals surface area contributed by atoms with Crippen molar-refractivity contribution in [3.63, 3.8) is 0 Å². The van der Waals surface area contributed by atoms with E-state index < -0.39 is 6.10 Å². The average molecular weight is 275 g/mol.